The summed E-state index contributed by atoms with van der Waals surface area (Å²) in [5, 5.41) is 52.3. The molecule has 54 heavy (non-hydrogen) atoms. The molecule has 0 unspecified atom stereocenters. The van der Waals surface area contributed by atoms with Crippen LogP contribution in [0.1, 0.15) is 70.4 Å². The first-order chi connectivity index (χ1) is 26.0. The second-order valence-electron chi connectivity index (χ2n) is 16.6. The molecular formula is C46H66N2O6. The average molecular weight is 743 g/mol. The van der Waals surface area contributed by atoms with Crippen molar-refractivity contribution in [1.82, 2.24) is 10.6 Å². The molecule has 5 rings (SSSR count). The number of benzene rings is 1. The number of allylic oxidation sites excluding steroid dienone is 9. The van der Waals surface area contributed by atoms with Crippen LogP contribution in [0, 0.1) is 35.0 Å². The van der Waals surface area contributed by atoms with Crippen LogP contribution in [0.3, 0.4) is 0 Å². The van der Waals surface area contributed by atoms with E-state index in [1.165, 1.54) is 16.7 Å². The number of hydrogen-bond donors (Lipinski definition) is 6. The van der Waals surface area contributed by atoms with Crippen molar-refractivity contribution in [3.05, 3.63) is 106 Å². The summed E-state index contributed by atoms with van der Waals surface area (Å²) in [5.74, 6) is -0.650. The number of carbonyl (C=O) groups is 1. The van der Waals surface area contributed by atoms with Crippen LogP contribution in [0.25, 0.3) is 0 Å². The molecule has 9 atom stereocenters. The molecule has 8 heteroatoms. The minimum Gasteiger partial charge on any atom is -0.396 e. The van der Waals surface area contributed by atoms with E-state index >= 15 is 0 Å². The largest absolute Gasteiger partial charge is 0.396 e. The second kappa shape index (κ2) is 19.3. The highest BCUT2D eigenvalue weighted by molar-refractivity contribution is 5.74. The predicted octanol–water partition coefficient (Wildman–Crippen LogP) is 5.58. The molecule has 2 fully saturated rings. The second-order valence-corrected chi connectivity index (χ2v) is 16.6. The Balaban J connectivity index is 1.49. The molecule has 1 aromatic rings. The minimum absolute atomic E-state index is 0.0269. The molecule has 4 aliphatic rings. The minimum atomic E-state index is -1.21. The number of ether oxygens (including phenoxy) is 1. The summed E-state index contributed by atoms with van der Waals surface area (Å²) >= 11 is 0. The van der Waals surface area contributed by atoms with Crippen LogP contribution in [-0.4, -0.2) is 91.0 Å². The first kappa shape index (κ1) is 42.2. The fourth-order valence-corrected chi connectivity index (χ4v) is 10.3. The zero-order chi connectivity index (χ0) is 38.9. The normalized spacial score (nSPS) is 34.0. The van der Waals surface area contributed by atoms with Gasteiger partial charge in [-0.1, -0.05) is 84.0 Å². The molecule has 0 saturated heterocycles. The van der Waals surface area contributed by atoms with Gasteiger partial charge in [0.25, 0.3) is 0 Å². The van der Waals surface area contributed by atoms with E-state index in [9.17, 15) is 25.2 Å². The number of aliphatic hydroxyl groups is 4. The van der Waals surface area contributed by atoms with Crippen LogP contribution >= 0.6 is 0 Å². The number of hydrogen-bond acceptors (Lipinski definition) is 8. The zero-order valence-electron chi connectivity index (χ0n) is 33.1. The van der Waals surface area contributed by atoms with E-state index in [2.05, 4.69) is 79.6 Å². The van der Waals surface area contributed by atoms with Crippen molar-refractivity contribution in [2.45, 2.75) is 89.9 Å². The SMILES string of the molecule is C=C(C=CC=C(COCCO)[C@H]1CC[C@]2([C@@H]1O)[C@H]1C(=C(C)C=O)[C@@H](C=C[C@H]1CCO)C[C@]2(O)CCNC)[C@H]1CC=C(C)CN[C@H](C)Cc2cccc(c2)C1. The average Bonchev–Trinajstić information content (AvgIpc) is 3.50. The number of rotatable bonds is 14. The number of aliphatic hydroxyl groups excluding tert-OH is 3. The van der Waals surface area contributed by atoms with Crippen LogP contribution in [0.5, 0.6) is 0 Å². The fourth-order valence-electron chi connectivity index (χ4n) is 10.3. The lowest BCUT2D eigenvalue weighted by atomic mass is 9.45. The van der Waals surface area contributed by atoms with Crippen molar-refractivity contribution < 1.29 is 30.0 Å². The Morgan fingerprint density at radius 2 is 1.94 bits per heavy atom. The molecular weight excluding hydrogens is 677 g/mol. The van der Waals surface area contributed by atoms with Crippen LogP contribution in [0.15, 0.2) is 95.2 Å². The number of fused-ring (bicyclic) bond motifs is 5. The Labute approximate surface area is 323 Å². The van der Waals surface area contributed by atoms with Crippen molar-refractivity contribution in [3.63, 3.8) is 0 Å². The van der Waals surface area contributed by atoms with Gasteiger partial charge in [-0.15, -0.1) is 0 Å². The van der Waals surface area contributed by atoms with Gasteiger partial charge in [0, 0.05) is 36.4 Å². The van der Waals surface area contributed by atoms with Crippen molar-refractivity contribution in [1.29, 1.82) is 0 Å². The van der Waals surface area contributed by atoms with Gasteiger partial charge in [0.1, 0.15) is 6.29 Å². The molecule has 1 heterocycles. The molecule has 1 spiro atoms. The summed E-state index contributed by atoms with van der Waals surface area (Å²) in [6.45, 7) is 12.5. The Morgan fingerprint density at radius 3 is 2.67 bits per heavy atom. The standard InChI is InChI=1S/C46H66N2O6/c1-31-12-13-38(26-36-10-7-9-35(25-36)24-34(4)48-28-31)32(2)8-6-11-40(30-54-23-22-50)41-16-18-46(44(41)52)43-37(17-21-49)14-15-39(42(43)33(3)29-51)27-45(46,53)19-20-47-5/h6-12,14-15,25,29,34,37-39,41,43-44,47-50,52-53H,2,13,16-24,26-28,30H2,1,3-5H3/t34-,37+,38+,39+,41-,43-,44-,45-,46-/m1/s1. The van der Waals surface area contributed by atoms with E-state index in [1.807, 2.05) is 26.1 Å². The van der Waals surface area contributed by atoms with E-state index < -0.39 is 17.1 Å². The summed E-state index contributed by atoms with van der Waals surface area (Å²) in [4.78, 5) is 12.4. The van der Waals surface area contributed by atoms with Gasteiger partial charge < -0.3 is 35.8 Å². The molecule has 0 radical (unpaired) electrons. The lowest BCUT2D eigenvalue weighted by molar-refractivity contribution is -0.194. The maximum atomic E-state index is 12.9. The quantitative estimate of drug-likeness (QED) is 0.0479. The molecule has 2 saturated carbocycles. The van der Waals surface area contributed by atoms with Crippen molar-refractivity contribution in [2.75, 3.05) is 46.6 Å². The molecule has 4 bridgehead atoms. The molecule has 1 aliphatic heterocycles. The van der Waals surface area contributed by atoms with Gasteiger partial charge in [-0.3, -0.25) is 4.79 Å². The number of aldehydes is 1. The summed E-state index contributed by atoms with van der Waals surface area (Å²) in [6.07, 6.45) is 18.0. The molecule has 0 amide bonds. The molecule has 8 nitrogen and oxygen atoms in total. The van der Waals surface area contributed by atoms with Crippen LogP contribution in [0.2, 0.25) is 0 Å². The van der Waals surface area contributed by atoms with Gasteiger partial charge in [-0.2, -0.15) is 0 Å². The highest BCUT2D eigenvalue weighted by atomic mass is 16.5. The zero-order valence-corrected chi connectivity index (χ0v) is 33.1. The number of carbonyl (C=O) groups excluding carboxylic acids is 1. The Hall–Kier alpha value is -2.95. The van der Waals surface area contributed by atoms with Crippen LogP contribution < -0.4 is 10.6 Å². The maximum absolute atomic E-state index is 12.9. The smallest absolute Gasteiger partial charge is 0.145 e. The topological polar surface area (TPSA) is 131 Å². The molecule has 296 valence electrons. The Kier molecular flexibility index (Phi) is 15.1. The van der Waals surface area contributed by atoms with E-state index in [0.29, 0.717) is 50.3 Å². The van der Waals surface area contributed by atoms with Crippen molar-refractivity contribution in [3.8, 4) is 0 Å². The van der Waals surface area contributed by atoms with Gasteiger partial charge >= 0.3 is 0 Å². The van der Waals surface area contributed by atoms with Gasteiger partial charge in [0.2, 0.25) is 0 Å². The van der Waals surface area contributed by atoms with Gasteiger partial charge in [-0.25, -0.2) is 0 Å². The molecule has 0 aromatic heterocycles. The Bertz CT molecular complexity index is 1610. The van der Waals surface area contributed by atoms with Gasteiger partial charge in [0.15, 0.2) is 0 Å². The van der Waals surface area contributed by atoms with Crippen molar-refractivity contribution >= 4 is 6.29 Å². The lowest BCUT2D eigenvalue weighted by Crippen LogP contribution is -2.65. The third-order valence-electron chi connectivity index (χ3n) is 13.0. The third kappa shape index (κ3) is 9.18. The first-order valence-corrected chi connectivity index (χ1v) is 20.2. The fraction of sp³-hybridized carbons (Fsp3) is 0.587. The van der Waals surface area contributed by atoms with Gasteiger partial charge in [-0.05, 0) is 126 Å². The maximum Gasteiger partial charge on any atom is 0.145 e. The van der Waals surface area contributed by atoms with E-state index in [0.717, 1.165) is 48.8 Å². The predicted molar refractivity (Wildman–Crippen MR) is 217 cm³/mol. The summed E-state index contributed by atoms with van der Waals surface area (Å²) in [7, 11) is 1.87. The monoisotopic (exact) mass is 742 g/mol. The molecule has 1 aromatic carbocycles. The van der Waals surface area contributed by atoms with E-state index in [4.69, 9.17) is 4.74 Å². The van der Waals surface area contributed by atoms with Crippen LogP contribution in [-0.2, 0) is 22.4 Å². The lowest BCUT2D eigenvalue weighted by Gasteiger charge is -2.61. The molecule has 6 N–H and O–H groups in total. The van der Waals surface area contributed by atoms with Crippen LogP contribution in [0.4, 0.5) is 0 Å². The number of nitrogens with one attached hydrogen (secondary N) is 2. The van der Waals surface area contributed by atoms with Crippen molar-refractivity contribution in [2.24, 2.45) is 35.0 Å². The highest BCUT2D eigenvalue weighted by Gasteiger charge is 2.68. The third-order valence-corrected chi connectivity index (χ3v) is 13.0. The summed E-state index contributed by atoms with van der Waals surface area (Å²) in [6, 6.07) is 9.28. The Morgan fingerprint density at radius 1 is 1.17 bits per heavy atom. The summed E-state index contributed by atoms with van der Waals surface area (Å²) in [5.41, 5.74) is 5.37. The van der Waals surface area contributed by atoms with Gasteiger partial charge in [0.05, 0.1) is 31.5 Å². The highest BCUT2D eigenvalue weighted by Crippen LogP contribution is 2.67. The van der Waals surface area contributed by atoms with E-state index in [-0.39, 0.29) is 56.0 Å². The summed E-state index contributed by atoms with van der Waals surface area (Å²) < 4.78 is 5.94. The first-order valence-electron chi connectivity index (χ1n) is 20.2. The molecule has 3 aliphatic carbocycles. The van der Waals surface area contributed by atoms with E-state index in [1.54, 1.807) is 0 Å².